The van der Waals surface area contributed by atoms with Crippen LogP contribution in [0.1, 0.15) is 36.9 Å². The summed E-state index contributed by atoms with van der Waals surface area (Å²) in [5.41, 5.74) is 2.34. The summed E-state index contributed by atoms with van der Waals surface area (Å²) in [4.78, 5) is 12.7. The number of rotatable bonds is 7. The van der Waals surface area contributed by atoms with Gasteiger partial charge >= 0.3 is 5.97 Å². The quantitative estimate of drug-likeness (QED) is 0.823. The Bertz CT molecular complexity index is 431. The zero-order valence-corrected chi connectivity index (χ0v) is 12.1. The normalized spacial score (nSPS) is 12.5. The lowest BCUT2D eigenvalue weighted by atomic mass is 10.0. The summed E-state index contributed by atoms with van der Waals surface area (Å²) < 4.78 is 5.39. The first-order valence-electron chi connectivity index (χ1n) is 6.52. The van der Waals surface area contributed by atoms with Crippen molar-refractivity contribution in [3.63, 3.8) is 0 Å². The number of hydrogen-bond acceptors (Lipinski definition) is 3. The van der Waals surface area contributed by atoms with Crippen LogP contribution >= 0.6 is 0 Å². The molecule has 106 valence electrons. The van der Waals surface area contributed by atoms with Gasteiger partial charge in [0.2, 0.25) is 0 Å². The molecule has 0 saturated heterocycles. The van der Waals surface area contributed by atoms with E-state index in [4.69, 9.17) is 9.84 Å². The maximum absolute atomic E-state index is 10.5. The van der Waals surface area contributed by atoms with Gasteiger partial charge in [-0.3, -0.25) is 9.69 Å². The zero-order valence-electron chi connectivity index (χ0n) is 12.1. The Morgan fingerprint density at radius 2 is 2.16 bits per heavy atom. The summed E-state index contributed by atoms with van der Waals surface area (Å²) in [6.45, 7) is 4.92. The lowest BCUT2D eigenvalue weighted by molar-refractivity contribution is -0.137. The Balaban J connectivity index is 2.72. The number of ether oxygens (including phenoxy) is 1. The molecule has 0 aliphatic heterocycles. The molecule has 1 atom stereocenters. The van der Waals surface area contributed by atoms with Crippen LogP contribution < -0.4 is 4.74 Å². The number of nitrogens with zero attached hydrogens (tertiary/aromatic N) is 1. The highest BCUT2D eigenvalue weighted by molar-refractivity contribution is 5.66. The Morgan fingerprint density at radius 1 is 1.47 bits per heavy atom. The summed E-state index contributed by atoms with van der Waals surface area (Å²) in [6.07, 6.45) is 0.867. The molecule has 0 saturated carbocycles. The Kier molecular flexibility index (Phi) is 5.83. The maximum Gasteiger partial charge on any atom is 0.303 e. The third-order valence-electron chi connectivity index (χ3n) is 3.40. The van der Waals surface area contributed by atoms with Gasteiger partial charge in [0.1, 0.15) is 5.75 Å². The molecule has 0 amide bonds. The summed E-state index contributed by atoms with van der Waals surface area (Å²) in [7, 11) is 3.68. The molecule has 4 heteroatoms. The van der Waals surface area contributed by atoms with Crippen molar-refractivity contribution >= 4 is 5.97 Å². The van der Waals surface area contributed by atoms with Gasteiger partial charge in [0.15, 0.2) is 0 Å². The minimum absolute atomic E-state index is 0.198. The minimum Gasteiger partial charge on any atom is -0.496 e. The SMILES string of the molecule is COc1ccc(C)cc1C(C)N(C)CCCC(=O)O. The van der Waals surface area contributed by atoms with Crippen molar-refractivity contribution in [2.24, 2.45) is 0 Å². The molecule has 4 nitrogen and oxygen atoms in total. The number of methoxy groups -OCH3 is 1. The molecule has 0 spiro atoms. The molecule has 1 rings (SSSR count). The second kappa shape index (κ2) is 7.14. The molecular formula is C15H23NO3. The van der Waals surface area contributed by atoms with Gasteiger partial charge in [-0.2, -0.15) is 0 Å². The van der Waals surface area contributed by atoms with Gasteiger partial charge in [0.05, 0.1) is 7.11 Å². The van der Waals surface area contributed by atoms with Crippen molar-refractivity contribution in [2.75, 3.05) is 20.7 Å². The number of hydrogen-bond donors (Lipinski definition) is 1. The lowest BCUT2D eigenvalue weighted by Gasteiger charge is -2.26. The van der Waals surface area contributed by atoms with Gasteiger partial charge in [0, 0.05) is 18.0 Å². The van der Waals surface area contributed by atoms with Crippen LogP contribution in [0.3, 0.4) is 0 Å². The predicted octanol–water partition coefficient (Wildman–Crippen LogP) is 2.86. The summed E-state index contributed by atoms with van der Waals surface area (Å²) in [5, 5.41) is 8.66. The van der Waals surface area contributed by atoms with Crippen molar-refractivity contribution in [3.8, 4) is 5.75 Å². The van der Waals surface area contributed by atoms with E-state index in [-0.39, 0.29) is 12.5 Å². The Hall–Kier alpha value is -1.55. The first-order chi connectivity index (χ1) is 8.95. The molecule has 0 aliphatic carbocycles. The molecular weight excluding hydrogens is 242 g/mol. The Morgan fingerprint density at radius 3 is 2.74 bits per heavy atom. The molecule has 19 heavy (non-hydrogen) atoms. The number of aryl methyl sites for hydroxylation is 1. The fourth-order valence-corrected chi connectivity index (χ4v) is 2.09. The van der Waals surface area contributed by atoms with E-state index in [1.807, 2.05) is 19.2 Å². The highest BCUT2D eigenvalue weighted by Gasteiger charge is 2.16. The number of benzene rings is 1. The Labute approximate surface area is 115 Å². The van der Waals surface area contributed by atoms with Crippen molar-refractivity contribution < 1.29 is 14.6 Å². The average molecular weight is 265 g/mol. The van der Waals surface area contributed by atoms with E-state index in [0.29, 0.717) is 6.42 Å². The van der Waals surface area contributed by atoms with Crippen LogP contribution in [0.4, 0.5) is 0 Å². The number of aliphatic carboxylic acids is 1. The van der Waals surface area contributed by atoms with E-state index in [2.05, 4.69) is 24.8 Å². The molecule has 0 radical (unpaired) electrons. The monoisotopic (exact) mass is 265 g/mol. The van der Waals surface area contributed by atoms with Gasteiger partial charge in [-0.15, -0.1) is 0 Å². The molecule has 0 heterocycles. The lowest BCUT2D eigenvalue weighted by Crippen LogP contribution is -2.24. The molecule has 0 aromatic heterocycles. The third-order valence-corrected chi connectivity index (χ3v) is 3.40. The second-order valence-corrected chi connectivity index (χ2v) is 4.90. The molecule has 1 unspecified atom stereocenters. The van der Waals surface area contributed by atoms with Gasteiger partial charge in [0.25, 0.3) is 0 Å². The van der Waals surface area contributed by atoms with Gasteiger partial charge < -0.3 is 9.84 Å². The third kappa shape index (κ3) is 4.56. The van der Waals surface area contributed by atoms with Crippen molar-refractivity contribution in [2.45, 2.75) is 32.7 Å². The zero-order chi connectivity index (χ0) is 14.4. The highest BCUT2D eigenvalue weighted by atomic mass is 16.5. The number of carbonyl (C=O) groups is 1. The first-order valence-corrected chi connectivity index (χ1v) is 6.52. The largest absolute Gasteiger partial charge is 0.496 e. The van der Waals surface area contributed by atoms with E-state index in [9.17, 15) is 4.79 Å². The van der Waals surface area contributed by atoms with Crippen molar-refractivity contribution in [1.82, 2.24) is 4.90 Å². The summed E-state index contributed by atoms with van der Waals surface area (Å²) in [6, 6.07) is 6.33. The summed E-state index contributed by atoms with van der Waals surface area (Å²) in [5.74, 6) is 0.136. The van der Waals surface area contributed by atoms with E-state index in [1.54, 1.807) is 7.11 Å². The topological polar surface area (TPSA) is 49.8 Å². The summed E-state index contributed by atoms with van der Waals surface area (Å²) >= 11 is 0. The smallest absolute Gasteiger partial charge is 0.303 e. The fraction of sp³-hybridized carbons (Fsp3) is 0.533. The highest BCUT2D eigenvalue weighted by Crippen LogP contribution is 2.29. The van der Waals surface area contributed by atoms with E-state index < -0.39 is 5.97 Å². The number of carboxylic acids is 1. The second-order valence-electron chi connectivity index (χ2n) is 4.90. The van der Waals surface area contributed by atoms with Crippen molar-refractivity contribution in [3.05, 3.63) is 29.3 Å². The van der Waals surface area contributed by atoms with Crippen LogP contribution in [0.15, 0.2) is 18.2 Å². The van der Waals surface area contributed by atoms with Crippen LogP contribution in [0, 0.1) is 6.92 Å². The molecule has 0 bridgehead atoms. The van der Waals surface area contributed by atoms with Crippen LogP contribution in [-0.2, 0) is 4.79 Å². The van der Waals surface area contributed by atoms with Gasteiger partial charge in [-0.05, 0) is 39.9 Å². The van der Waals surface area contributed by atoms with Gasteiger partial charge in [-0.25, -0.2) is 0 Å². The molecule has 1 aromatic carbocycles. The van der Waals surface area contributed by atoms with E-state index >= 15 is 0 Å². The predicted molar refractivity (Wildman–Crippen MR) is 75.6 cm³/mol. The minimum atomic E-state index is -0.741. The van der Waals surface area contributed by atoms with E-state index in [0.717, 1.165) is 17.9 Å². The van der Waals surface area contributed by atoms with Crippen LogP contribution in [0.5, 0.6) is 5.75 Å². The maximum atomic E-state index is 10.5. The van der Waals surface area contributed by atoms with Crippen molar-refractivity contribution in [1.29, 1.82) is 0 Å². The molecule has 0 fully saturated rings. The molecule has 1 aromatic rings. The number of carboxylic acid groups (broad SMARTS) is 1. The first kappa shape index (κ1) is 15.5. The van der Waals surface area contributed by atoms with Gasteiger partial charge in [-0.1, -0.05) is 17.7 Å². The molecule has 1 N–H and O–H groups in total. The fourth-order valence-electron chi connectivity index (χ4n) is 2.09. The van der Waals surface area contributed by atoms with E-state index in [1.165, 1.54) is 5.56 Å². The molecule has 0 aliphatic rings. The average Bonchev–Trinajstić information content (AvgIpc) is 2.37. The standard InChI is InChI=1S/C15H23NO3/c1-11-7-8-14(19-4)13(10-11)12(2)16(3)9-5-6-15(17)18/h7-8,10,12H,5-6,9H2,1-4H3,(H,17,18). The van der Waals surface area contributed by atoms with Crippen LogP contribution in [0.2, 0.25) is 0 Å². The van der Waals surface area contributed by atoms with Crippen LogP contribution in [-0.4, -0.2) is 36.7 Å². The van der Waals surface area contributed by atoms with Crippen LogP contribution in [0.25, 0.3) is 0 Å².